The molecule has 1 heterocycles. The van der Waals surface area contributed by atoms with Crippen LogP contribution in [0.15, 0.2) is 36.1 Å². The Morgan fingerprint density at radius 2 is 2.00 bits per heavy atom. The Hall–Kier alpha value is -2.30. The number of fused-ring (bicyclic) bond motifs is 1. The first-order valence-corrected chi connectivity index (χ1v) is 8.39. The third-order valence-electron chi connectivity index (χ3n) is 3.71. The minimum atomic E-state index is -0.354. The average molecular weight is 377 g/mol. The van der Waals surface area contributed by atoms with Crippen molar-refractivity contribution in [1.29, 1.82) is 0 Å². The second kappa shape index (κ2) is 6.90. The number of Topliss-reactive ketones (excluding diaryl/α,β-unsaturated/α-hetero) is 1. The van der Waals surface area contributed by atoms with Gasteiger partial charge in [0.2, 0.25) is 5.78 Å². The quantitative estimate of drug-likeness (QED) is 0.417. The van der Waals surface area contributed by atoms with Crippen LogP contribution < -0.4 is 9.47 Å². The maximum atomic E-state index is 12.6. The first kappa shape index (κ1) is 17.5. The van der Waals surface area contributed by atoms with Crippen LogP contribution in [0.5, 0.6) is 11.5 Å². The molecule has 0 bridgehead atoms. The molecular formula is C19H14Cl2O4. The summed E-state index contributed by atoms with van der Waals surface area (Å²) in [5, 5.41) is 0.925. The maximum Gasteiger partial charge on any atom is 0.310 e. The summed E-state index contributed by atoms with van der Waals surface area (Å²) >= 11 is 12.0. The highest BCUT2D eigenvalue weighted by molar-refractivity contribution is 6.35. The largest absolute Gasteiger partial charge is 0.452 e. The van der Waals surface area contributed by atoms with Crippen molar-refractivity contribution in [3.63, 3.8) is 0 Å². The van der Waals surface area contributed by atoms with Gasteiger partial charge in [-0.3, -0.25) is 9.59 Å². The van der Waals surface area contributed by atoms with Crippen LogP contribution >= 0.6 is 23.2 Å². The molecule has 2 aromatic rings. The van der Waals surface area contributed by atoms with E-state index in [-0.39, 0.29) is 23.9 Å². The fraction of sp³-hybridized carbons (Fsp3) is 0.158. The van der Waals surface area contributed by atoms with E-state index in [1.54, 1.807) is 44.2 Å². The van der Waals surface area contributed by atoms with Crippen molar-refractivity contribution in [3.8, 4) is 11.5 Å². The lowest BCUT2D eigenvalue weighted by Crippen LogP contribution is -2.06. The smallest absolute Gasteiger partial charge is 0.310 e. The van der Waals surface area contributed by atoms with Crippen molar-refractivity contribution in [2.75, 3.05) is 0 Å². The highest BCUT2D eigenvalue weighted by Gasteiger charge is 2.30. The molecule has 4 nitrogen and oxygen atoms in total. The third-order valence-corrected chi connectivity index (χ3v) is 4.28. The van der Waals surface area contributed by atoms with E-state index in [4.69, 9.17) is 32.7 Å². The highest BCUT2D eigenvalue weighted by atomic mass is 35.5. The van der Waals surface area contributed by atoms with Crippen LogP contribution in [0.3, 0.4) is 0 Å². The monoisotopic (exact) mass is 376 g/mol. The van der Waals surface area contributed by atoms with E-state index < -0.39 is 0 Å². The van der Waals surface area contributed by atoms with Gasteiger partial charge < -0.3 is 9.47 Å². The number of hydrogen-bond acceptors (Lipinski definition) is 4. The van der Waals surface area contributed by atoms with Crippen molar-refractivity contribution in [1.82, 2.24) is 0 Å². The highest BCUT2D eigenvalue weighted by Crippen LogP contribution is 2.38. The number of ether oxygens (including phenoxy) is 2. The molecule has 0 saturated carbocycles. The number of aryl methyl sites for hydroxylation is 1. The van der Waals surface area contributed by atoms with E-state index >= 15 is 0 Å². The molecule has 0 spiro atoms. The number of carbonyl (C=O) groups excluding carboxylic acids is 2. The second-order valence-electron chi connectivity index (χ2n) is 5.55. The van der Waals surface area contributed by atoms with E-state index in [0.29, 0.717) is 38.2 Å². The van der Waals surface area contributed by atoms with Crippen LogP contribution in [0.1, 0.15) is 34.8 Å². The third kappa shape index (κ3) is 3.55. The van der Waals surface area contributed by atoms with Crippen molar-refractivity contribution in [2.24, 2.45) is 0 Å². The van der Waals surface area contributed by atoms with Gasteiger partial charge in [-0.15, -0.1) is 0 Å². The Bertz CT molecular complexity index is 916. The molecule has 0 aromatic heterocycles. The fourth-order valence-electron chi connectivity index (χ4n) is 2.50. The summed E-state index contributed by atoms with van der Waals surface area (Å²) in [5.74, 6) is 0.266. The summed E-state index contributed by atoms with van der Waals surface area (Å²) in [6.45, 7) is 3.47. The number of ketones is 1. The lowest BCUT2D eigenvalue weighted by Gasteiger charge is -2.06. The molecule has 6 heteroatoms. The molecule has 0 radical (unpaired) electrons. The molecule has 0 saturated heterocycles. The van der Waals surface area contributed by atoms with Crippen molar-refractivity contribution in [2.45, 2.75) is 20.3 Å². The number of allylic oxidation sites excluding steroid dienone is 1. The number of hydrogen-bond donors (Lipinski definition) is 0. The molecule has 0 aliphatic carbocycles. The van der Waals surface area contributed by atoms with Crippen LogP contribution in [0.4, 0.5) is 0 Å². The molecule has 128 valence electrons. The molecule has 2 aromatic carbocycles. The normalized spacial score (nSPS) is 14.4. The summed E-state index contributed by atoms with van der Waals surface area (Å²) in [6, 6.07) is 8.16. The zero-order chi connectivity index (χ0) is 18.1. The van der Waals surface area contributed by atoms with E-state index in [1.807, 2.05) is 0 Å². The molecule has 0 N–H and O–H groups in total. The van der Waals surface area contributed by atoms with Gasteiger partial charge in [-0.25, -0.2) is 0 Å². The number of esters is 1. The second-order valence-corrected chi connectivity index (χ2v) is 6.39. The van der Waals surface area contributed by atoms with Gasteiger partial charge in [-0.1, -0.05) is 36.2 Å². The summed E-state index contributed by atoms with van der Waals surface area (Å²) < 4.78 is 10.9. The zero-order valence-electron chi connectivity index (χ0n) is 13.6. The van der Waals surface area contributed by atoms with Gasteiger partial charge in [0.05, 0.1) is 5.56 Å². The molecule has 3 rings (SSSR count). The van der Waals surface area contributed by atoms with Gasteiger partial charge in [-0.2, -0.15) is 0 Å². The first-order valence-electron chi connectivity index (χ1n) is 7.63. The van der Waals surface area contributed by atoms with Crippen LogP contribution in [0.2, 0.25) is 10.0 Å². The number of benzene rings is 2. The average Bonchev–Trinajstić information content (AvgIpc) is 2.86. The molecule has 0 unspecified atom stereocenters. The summed E-state index contributed by atoms with van der Waals surface area (Å²) in [6.07, 6.45) is 1.83. The number of rotatable bonds is 3. The SMILES string of the molecule is CCC(=O)Oc1cc(C)c2c(c1)O/C(=C\c1ccc(Cl)cc1Cl)C2=O. The van der Waals surface area contributed by atoms with Crippen molar-refractivity contribution in [3.05, 3.63) is 62.8 Å². The predicted octanol–water partition coefficient (Wildman–Crippen LogP) is 5.23. The minimum Gasteiger partial charge on any atom is -0.452 e. The van der Waals surface area contributed by atoms with Crippen LogP contribution in [0, 0.1) is 6.92 Å². The molecule has 0 amide bonds. The van der Waals surface area contributed by atoms with E-state index in [0.717, 1.165) is 0 Å². The lowest BCUT2D eigenvalue weighted by atomic mass is 10.0. The van der Waals surface area contributed by atoms with E-state index in [2.05, 4.69) is 0 Å². The Kier molecular flexibility index (Phi) is 4.84. The topological polar surface area (TPSA) is 52.6 Å². The standard InChI is InChI=1S/C19H14Cl2O4/c1-3-17(22)24-13-6-10(2)18-15(9-13)25-16(19(18)23)7-11-4-5-12(20)8-14(11)21/h4-9H,3H2,1-2H3/b16-7-. The Labute approximate surface area is 155 Å². The summed E-state index contributed by atoms with van der Waals surface area (Å²) in [4.78, 5) is 24.1. The Morgan fingerprint density at radius 3 is 2.68 bits per heavy atom. The van der Waals surface area contributed by atoms with Crippen LogP contribution in [-0.4, -0.2) is 11.8 Å². The van der Waals surface area contributed by atoms with Gasteiger partial charge in [0.15, 0.2) is 5.76 Å². The molecular weight excluding hydrogens is 363 g/mol. The zero-order valence-corrected chi connectivity index (χ0v) is 15.1. The Morgan fingerprint density at radius 1 is 1.24 bits per heavy atom. The summed E-state index contributed by atoms with van der Waals surface area (Å²) in [5.41, 5.74) is 1.75. The molecule has 0 atom stereocenters. The first-order chi connectivity index (χ1) is 11.9. The van der Waals surface area contributed by atoms with E-state index in [9.17, 15) is 9.59 Å². The fourth-order valence-corrected chi connectivity index (χ4v) is 2.96. The number of halogens is 2. The van der Waals surface area contributed by atoms with Crippen LogP contribution in [-0.2, 0) is 4.79 Å². The van der Waals surface area contributed by atoms with Gasteiger partial charge >= 0.3 is 5.97 Å². The lowest BCUT2D eigenvalue weighted by molar-refractivity contribution is -0.134. The number of carbonyl (C=O) groups is 2. The van der Waals surface area contributed by atoms with Gasteiger partial charge in [-0.05, 0) is 42.3 Å². The molecule has 25 heavy (non-hydrogen) atoms. The Balaban J connectivity index is 1.96. The van der Waals surface area contributed by atoms with Crippen molar-refractivity contribution >= 4 is 41.0 Å². The predicted molar refractivity (Wildman–Crippen MR) is 96.5 cm³/mol. The minimum absolute atomic E-state index is 0.154. The maximum absolute atomic E-state index is 12.6. The molecule has 1 aliphatic rings. The van der Waals surface area contributed by atoms with Gasteiger partial charge in [0, 0.05) is 22.5 Å². The van der Waals surface area contributed by atoms with Crippen LogP contribution in [0.25, 0.3) is 6.08 Å². The van der Waals surface area contributed by atoms with Gasteiger partial charge in [0.25, 0.3) is 0 Å². The van der Waals surface area contributed by atoms with Crippen molar-refractivity contribution < 1.29 is 19.1 Å². The molecule has 0 fully saturated rings. The molecule has 1 aliphatic heterocycles. The van der Waals surface area contributed by atoms with E-state index in [1.165, 1.54) is 6.07 Å². The van der Waals surface area contributed by atoms with Gasteiger partial charge in [0.1, 0.15) is 11.5 Å². The summed E-state index contributed by atoms with van der Waals surface area (Å²) in [7, 11) is 0.